The highest BCUT2D eigenvalue weighted by molar-refractivity contribution is 6.31. The SMILES string of the molecule is CCOC(=O)C(C)(Cc1cc(F)ccc1Cl)C(=O)O. The quantitative estimate of drug-likeness (QED) is 0.668. The number of ether oxygens (including phenoxy) is 1. The topological polar surface area (TPSA) is 63.6 Å². The van der Waals surface area contributed by atoms with E-state index in [1.807, 2.05) is 0 Å². The molecule has 0 aliphatic carbocycles. The zero-order chi connectivity index (χ0) is 14.6. The summed E-state index contributed by atoms with van der Waals surface area (Å²) >= 11 is 5.88. The van der Waals surface area contributed by atoms with Gasteiger partial charge in [-0.1, -0.05) is 11.6 Å². The molecule has 1 aromatic rings. The highest BCUT2D eigenvalue weighted by Gasteiger charge is 2.43. The maximum absolute atomic E-state index is 13.2. The number of aliphatic carboxylic acids is 1. The molecule has 1 aromatic carbocycles. The first kappa shape index (κ1) is 15.4. The number of carbonyl (C=O) groups is 2. The summed E-state index contributed by atoms with van der Waals surface area (Å²) in [6.07, 6.45) is -0.238. The molecule has 0 heterocycles. The van der Waals surface area contributed by atoms with Crippen LogP contribution >= 0.6 is 11.6 Å². The number of carboxylic acid groups (broad SMARTS) is 1. The van der Waals surface area contributed by atoms with Gasteiger partial charge in [0.05, 0.1) is 6.61 Å². The average molecular weight is 289 g/mol. The molecule has 0 bridgehead atoms. The van der Waals surface area contributed by atoms with Crippen molar-refractivity contribution in [1.82, 2.24) is 0 Å². The predicted octanol–water partition coefficient (Wildman–Crippen LogP) is 2.68. The third-order valence-electron chi connectivity index (χ3n) is 2.75. The first-order valence-electron chi connectivity index (χ1n) is 5.65. The molecule has 104 valence electrons. The van der Waals surface area contributed by atoms with Crippen LogP contribution in [0.5, 0.6) is 0 Å². The van der Waals surface area contributed by atoms with Crippen LogP contribution in [0.4, 0.5) is 4.39 Å². The largest absolute Gasteiger partial charge is 0.480 e. The molecule has 0 amide bonds. The van der Waals surface area contributed by atoms with E-state index in [4.69, 9.17) is 16.3 Å². The molecule has 4 nitrogen and oxygen atoms in total. The van der Waals surface area contributed by atoms with Crippen molar-refractivity contribution >= 4 is 23.5 Å². The van der Waals surface area contributed by atoms with Gasteiger partial charge in [-0.2, -0.15) is 0 Å². The first-order chi connectivity index (χ1) is 8.81. The summed E-state index contributed by atoms with van der Waals surface area (Å²) in [7, 11) is 0. The van der Waals surface area contributed by atoms with Crippen LogP contribution < -0.4 is 0 Å². The lowest BCUT2D eigenvalue weighted by Crippen LogP contribution is -2.40. The molecule has 1 rings (SSSR count). The number of halogens is 2. The minimum absolute atomic E-state index is 0.0680. The highest BCUT2D eigenvalue weighted by Crippen LogP contribution is 2.29. The van der Waals surface area contributed by atoms with E-state index < -0.39 is 23.2 Å². The van der Waals surface area contributed by atoms with Crippen molar-refractivity contribution < 1.29 is 23.8 Å². The zero-order valence-electron chi connectivity index (χ0n) is 10.6. The number of rotatable bonds is 5. The summed E-state index contributed by atoms with van der Waals surface area (Å²) < 4.78 is 17.9. The van der Waals surface area contributed by atoms with Crippen molar-refractivity contribution in [1.29, 1.82) is 0 Å². The van der Waals surface area contributed by atoms with Gasteiger partial charge in [-0.15, -0.1) is 0 Å². The Morgan fingerprint density at radius 1 is 1.47 bits per heavy atom. The maximum Gasteiger partial charge on any atom is 0.323 e. The molecule has 1 unspecified atom stereocenters. The van der Waals surface area contributed by atoms with Crippen LogP contribution in [0.15, 0.2) is 18.2 Å². The third-order valence-corrected chi connectivity index (χ3v) is 3.12. The monoisotopic (exact) mass is 288 g/mol. The Morgan fingerprint density at radius 3 is 2.63 bits per heavy atom. The van der Waals surface area contributed by atoms with E-state index in [0.29, 0.717) is 0 Å². The van der Waals surface area contributed by atoms with Crippen LogP contribution in [0.3, 0.4) is 0 Å². The first-order valence-corrected chi connectivity index (χ1v) is 6.03. The van der Waals surface area contributed by atoms with Crippen molar-refractivity contribution in [2.75, 3.05) is 6.61 Å². The van der Waals surface area contributed by atoms with Gasteiger partial charge >= 0.3 is 11.9 Å². The second-order valence-electron chi connectivity index (χ2n) is 4.27. The van der Waals surface area contributed by atoms with Crippen molar-refractivity contribution in [3.8, 4) is 0 Å². The second-order valence-corrected chi connectivity index (χ2v) is 4.68. The maximum atomic E-state index is 13.2. The fourth-order valence-electron chi connectivity index (χ4n) is 1.59. The van der Waals surface area contributed by atoms with Crippen molar-refractivity contribution in [2.45, 2.75) is 20.3 Å². The van der Waals surface area contributed by atoms with Gasteiger partial charge in [0.15, 0.2) is 5.41 Å². The number of esters is 1. The Kier molecular flexibility index (Phi) is 4.89. The number of carbonyl (C=O) groups excluding carboxylic acids is 1. The predicted molar refractivity (Wildman–Crippen MR) is 67.5 cm³/mol. The minimum atomic E-state index is -1.80. The smallest absolute Gasteiger partial charge is 0.323 e. The van der Waals surface area contributed by atoms with E-state index in [9.17, 15) is 19.1 Å². The molecule has 19 heavy (non-hydrogen) atoms. The Bertz CT molecular complexity index is 503. The van der Waals surface area contributed by atoms with E-state index >= 15 is 0 Å². The number of carboxylic acids is 1. The van der Waals surface area contributed by atoms with Gasteiger partial charge in [0.2, 0.25) is 0 Å². The van der Waals surface area contributed by atoms with Crippen LogP contribution in [0.25, 0.3) is 0 Å². The molecule has 6 heteroatoms. The molecule has 1 atom stereocenters. The lowest BCUT2D eigenvalue weighted by molar-refractivity contribution is -0.167. The molecular weight excluding hydrogens is 275 g/mol. The Hall–Kier alpha value is -1.62. The highest BCUT2D eigenvalue weighted by atomic mass is 35.5. The van der Waals surface area contributed by atoms with Crippen LogP contribution in [-0.2, 0) is 20.7 Å². The van der Waals surface area contributed by atoms with E-state index in [1.165, 1.54) is 13.0 Å². The molecule has 0 aromatic heterocycles. The van der Waals surface area contributed by atoms with Gasteiger partial charge in [0.25, 0.3) is 0 Å². The minimum Gasteiger partial charge on any atom is -0.480 e. The van der Waals surface area contributed by atoms with Gasteiger partial charge in [0, 0.05) is 11.4 Å². The summed E-state index contributed by atoms with van der Waals surface area (Å²) in [5.41, 5.74) is -1.55. The number of hydrogen-bond acceptors (Lipinski definition) is 3. The number of benzene rings is 1. The van der Waals surface area contributed by atoms with E-state index in [0.717, 1.165) is 12.1 Å². The summed E-state index contributed by atoms with van der Waals surface area (Å²) in [4.78, 5) is 23.1. The molecule has 0 aliphatic heterocycles. The lowest BCUT2D eigenvalue weighted by atomic mass is 9.83. The average Bonchev–Trinajstić information content (AvgIpc) is 2.33. The Balaban J connectivity index is 3.12. The summed E-state index contributed by atoms with van der Waals surface area (Å²) in [5.74, 6) is -2.76. The molecule has 0 saturated heterocycles. The van der Waals surface area contributed by atoms with Crippen molar-refractivity contribution in [3.05, 3.63) is 34.6 Å². The van der Waals surface area contributed by atoms with Gasteiger partial charge in [-0.3, -0.25) is 9.59 Å². The van der Waals surface area contributed by atoms with Gasteiger partial charge < -0.3 is 9.84 Å². The van der Waals surface area contributed by atoms with Gasteiger partial charge in [-0.25, -0.2) is 4.39 Å². The Morgan fingerprint density at radius 2 is 2.11 bits per heavy atom. The van der Waals surface area contributed by atoms with E-state index in [-0.39, 0.29) is 23.6 Å². The van der Waals surface area contributed by atoms with Crippen LogP contribution in [-0.4, -0.2) is 23.7 Å². The molecule has 0 radical (unpaired) electrons. The van der Waals surface area contributed by atoms with Crippen LogP contribution in [0.1, 0.15) is 19.4 Å². The summed E-state index contributed by atoms with van der Waals surface area (Å²) in [6, 6.07) is 3.59. The zero-order valence-corrected chi connectivity index (χ0v) is 11.3. The molecule has 1 N–H and O–H groups in total. The van der Waals surface area contributed by atoms with Gasteiger partial charge in [0.1, 0.15) is 5.82 Å². The summed E-state index contributed by atoms with van der Waals surface area (Å²) in [5, 5.41) is 9.42. The van der Waals surface area contributed by atoms with E-state index in [1.54, 1.807) is 6.92 Å². The lowest BCUT2D eigenvalue weighted by Gasteiger charge is -2.23. The molecule has 0 fully saturated rings. The Labute approximate surface area is 115 Å². The summed E-state index contributed by atoms with van der Waals surface area (Å²) in [6.45, 7) is 2.88. The second kappa shape index (κ2) is 6.02. The van der Waals surface area contributed by atoms with Crippen molar-refractivity contribution in [2.24, 2.45) is 5.41 Å². The normalized spacial score (nSPS) is 13.7. The molecule has 0 saturated carbocycles. The fraction of sp³-hybridized carbons (Fsp3) is 0.385. The van der Waals surface area contributed by atoms with Crippen molar-refractivity contribution in [3.63, 3.8) is 0 Å². The number of hydrogen-bond donors (Lipinski definition) is 1. The fourth-order valence-corrected chi connectivity index (χ4v) is 1.77. The van der Waals surface area contributed by atoms with Crippen LogP contribution in [0, 0.1) is 11.2 Å². The van der Waals surface area contributed by atoms with E-state index in [2.05, 4.69) is 0 Å². The van der Waals surface area contributed by atoms with Gasteiger partial charge in [-0.05, 0) is 37.6 Å². The molecular formula is C13H14ClFO4. The standard InChI is InChI=1S/C13H14ClFO4/c1-3-19-12(18)13(2,11(16)17)7-8-6-9(15)4-5-10(8)14/h4-6H,3,7H2,1-2H3,(H,16,17). The molecule has 0 aliphatic rings. The molecule has 0 spiro atoms. The van der Waals surface area contributed by atoms with Crippen LogP contribution in [0.2, 0.25) is 5.02 Å². The third kappa shape index (κ3) is 3.44.